The molecule has 1 spiro atoms. The largest absolute Gasteiger partial charge is 0.421 e. The molecule has 0 saturated carbocycles. The van der Waals surface area contributed by atoms with Gasteiger partial charge in [0.25, 0.3) is 5.91 Å². The second-order valence-electron chi connectivity index (χ2n) is 7.00. The van der Waals surface area contributed by atoms with Crippen molar-refractivity contribution in [1.29, 1.82) is 0 Å². The summed E-state index contributed by atoms with van der Waals surface area (Å²) in [6, 6.07) is 5.61. The number of nitrogens with two attached hydrogens (primary N) is 2. The molecule has 4 rings (SSSR count). The fourth-order valence-corrected chi connectivity index (χ4v) is 5.57. The first kappa shape index (κ1) is 18.0. The summed E-state index contributed by atoms with van der Waals surface area (Å²) in [6.07, 6.45) is -5.51. The number of anilines is 1. The number of fused-ring (bicyclic) bond motifs is 3. The molecule has 0 fully saturated rings. The van der Waals surface area contributed by atoms with Crippen LogP contribution in [-0.2, 0) is 17.4 Å². The summed E-state index contributed by atoms with van der Waals surface area (Å²) < 4.78 is 41.2. The summed E-state index contributed by atoms with van der Waals surface area (Å²) >= 11 is 0.861. The van der Waals surface area contributed by atoms with Crippen molar-refractivity contribution in [3.05, 3.63) is 51.4 Å². The van der Waals surface area contributed by atoms with Crippen molar-refractivity contribution in [3.8, 4) is 0 Å². The Bertz CT molecular complexity index is 1000. The minimum atomic E-state index is -4.93. The van der Waals surface area contributed by atoms with Crippen LogP contribution >= 0.6 is 11.3 Å². The predicted molar refractivity (Wildman–Crippen MR) is 92.6 cm³/mol. The molecule has 5 N–H and O–H groups in total. The number of halogens is 3. The molecule has 0 saturated heterocycles. The summed E-state index contributed by atoms with van der Waals surface area (Å²) in [5, 5.41) is 10.6. The topological polar surface area (TPSA) is 106 Å². The highest BCUT2D eigenvalue weighted by Gasteiger charge is 2.67. The highest BCUT2D eigenvalue weighted by Crippen LogP contribution is 2.59. The Labute approximate surface area is 155 Å². The minimum absolute atomic E-state index is 0.0324. The van der Waals surface area contributed by atoms with Crippen molar-refractivity contribution in [2.75, 3.05) is 5.73 Å². The zero-order chi connectivity index (χ0) is 19.8. The Hall–Kier alpha value is -2.39. The average Bonchev–Trinajstić information content (AvgIpc) is 3.06. The lowest BCUT2D eigenvalue weighted by Gasteiger charge is -2.34. The van der Waals surface area contributed by atoms with Crippen LogP contribution < -0.4 is 11.5 Å². The van der Waals surface area contributed by atoms with Gasteiger partial charge in [-0.15, -0.1) is 11.3 Å². The number of thiophene rings is 1. The van der Waals surface area contributed by atoms with E-state index in [9.17, 15) is 27.9 Å². The van der Waals surface area contributed by atoms with Gasteiger partial charge >= 0.3 is 6.18 Å². The van der Waals surface area contributed by atoms with Gasteiger partial charge in [-0.05, 0) is 29.5 Å². The average molecular weight is 396 g/mol. The van der Waals surface area contributed by atoms with Crippen LogP contribution in [0.1, 0.15) is 49.6 Å². The van der Waals surface area contributed by atoms with Gasteiger partial charge in [-0.1, -0.05) is 24.3 Å². The molecule has 2 aromatic rings. The molecule has 2 aliphatic carbocycles. The number of carbonyl (C=O) groups is 2. The SMILES string of the molecule is NC(=O)c1c(N)sc2c1CCC1(CC(O)(C(F)(F)F)c3ccccc31)C2=O. The summed E-state index contributed by atoms with van der Waals surface area (Å²) in [5.41, 5.74) is 6.88. The first-order valence-electron chi connectivity index (χ1n) is 8.18. The van der Waals surface area contributed by atoms with E-state index in [2.05, 4.69) is 0 Å². The highest BCUT2D eigenvalue weighted by molar-refractivity contribution is 7.18. The summed E-state index contributed by atoms with van der Waals surface area (Å²) in [5.74, 6) is -1.33. The fourth-order valence-electron chi connectivity index (χ4n) is 4.41. The number of ketones is 1. The van der Waals surface area contributed by atoms with E-state index in [1.807, 2.05) is 0 Å². The van der Waals surface area contributed by atoms with Crippen molar-refractivity contribution in [1.82, 2.24) is 0 Å². The van der Waals surface area contributed by atoms with Gasteiger partial charge in [-0.2, -0.15) is 13.2 Å². The molecule has 5 nitrogen and oxygen atoms in total. The van der Waals surface area contributed by atoms with Gasteiger partial charge in [0.15, 0.2) is 11.4 Å². The quantitative estimate of drug-likeness (QED) is 0.689. The maximum absolute atomic E-state index is 13.7. The van der Waals surface area contributed by atoms with Crippen LogP contribution in [0.15, 0.2) is 24.3 Å². The summed E-state index contributed by atoms with van der Waals surface area (Å²) in [7, 11) is 0. The lowest BCUT2D eigenvalue weighted by molar-refractivity contribution is -0.268. The van der Waals surface area contributed by atoms with Gasteiger partial charge in [0.05, 0.1) is 20.9 Å². The van der Waals surface area contributed by atoms with Crippen LogP contribution in [0.3, 0.4) is 0 Å². The first-order valence-corrected chi connectivity index (χ1v) is 8.99. The van der Waals surface area contributed by atoms with E-state index in [1.165, 1.54) is 18.2 Å². The predicted octanol–water partition coefficient (Wildman–Crippen LogP) is 2.65. The minimum Gasteiger partial charge on any atom is -0.390 e. The lowest BCUT2D eigenvalue weighted by atomic mass is 9.68. The van der Waals surface area contributed by atoms with E-state index in [4.69, 9.17) is 11.5 Å². The van der Waals surface area contributed by atoms with E-state index in [1.54, 1.807) is 6.07 Å². The fraction of sp³-hybridized carbons (Fsp3) is 0.333. The Balaban J connectivity index is 1.93. The number of nitrogen functional groups attached to an aromatic ring is 1. The maximum Gasteiger partial charge on any atom is 0.421 e. The molecule has 27 heavy (non-hydrogen) atoms. The van der Waals surface area contributed by atoms with Crippen molar-refractivity contribution in [2.45, 2.75) is 36.5 Å². The smallest absolute Gasteiger partial charge is 0.390 e. The standard InChI is InChI=1S/C18H15F3N2O3S/c19-18(20,21)17(26)7-16(9-3-1-2-4-10(9)17)6-5-8-11(14(22)25)15(23)27-12(8)13(16)24/h1-4,26H,5-7,23H2,(H2,22,25). The second kappa shape index (κ2) is 5.32. The Morgan fingerprint density at radius 3 is 2.44 bits per heavy atom. The van der Waals surface area contributed by atoms with Crippen LogP contribution in [0.4, 0.5) is 18.2 Å². The van der Waals surface area contributed by atoms with E-state index in [-0.39, 0.29) is 39.4 Å². The van der Waals surface area contributed by atoms with Crippen LogP contribution in [0, 0.1) is 0 Å². The molecule has 1 amide bonds. The number of hydrogen-bond donors (Lipinski definition) is 3. The monoisotopic (exact) mass is 396 g/mol. The number of hydrogen-bond acceptors (Lipinski definition) is 5. The van der Waals surface area contributed by atoms with Crippen LogP contribution in [0.5, 0.6) is 0 Å². The molecule has 9 heteroatoms. The Morgan fingerprint density at radius 2 is 1.85 bits per heavy atom. The second-order valence-corrected chi connectivity index (χ2v) is 8.06. The Morgan fingerprint density at radius 1 is 1.22 bits per heavy atom. The Kier molecular flexibility index (Phi) is 3.55. The van der Waals surface area contributed by atoms with Crippen molar-refractivity contribution < 1.29 is 27.9 Å². The first-order chi connectivity index (χ1) is 12.5. The third-order valence-electron chi connectivity index (χ3n) is 5.64. The zero-order valence-electron chi connectivity index (χ0n) is 13.9. The van der Waals surface area contributed by atoms with Gasteiger partial charge in [0.2, 0.25) is 0 Å². The van der Waals surface area contributed by atoms with Gasteiger partial charge in [0, 0.05) is 6.42 Å². The lowest BCUT2D eigenvalue weighted by Crippen LogP contribution is -2.45. The number of carbonyl (C=O) groups excluding carboxylic acids is 2. The van der Waals surface area contributed by atoms with E-state index >= 15 is 0 Å². The molecule has 0 aliphatic heterocycles. The molecule has 1 aromatic carbocycles. The van der Waals surface area contributed by atoms with Gasteiger partial charge < -0.3 is 16.6 Å². The van der Waals surface area contributed by atoms with Gasteiger partial charge in [-0.3, -0.25) is 9.59 Å². The molecule has 0 bridgehead atoms. The van der Waals surface area contributed by atoms with Gasteiger partial charge in [0.1, 0.15) is 0 Å². The third kappa shape index (κ3) is 2.15. The number of primary amides is 1. The molecule has 1 heterocycles. The molecule has 142 valence electrons. The van der Waals surface area contributed by atoms with Crippen LogP contribution in [0.2, 0.25) is 0 Å². The number of benzene rings is 1. The van der Waals surface area contributed by atoms with Crippen molar-refractivity contribution in [3.63, 3.8) is 0 Å². The number of rotatable bonds is 1. The molecule has 2 atom stereocenters. The van der Waals surface area contributed by atoms with Crippen LogP contribution in [0.25, 0.3) is 0 Å². The van der Waals surface area contributed by atoms with Gasteiger partial charge in [-0.25, -0.2) is 0 Å². The number of Topliss-reactive ketones (excluding diaryl/α,β-unsaturated/α-hetero) is 1. The van der Waals surface area contributed by atoms with E-state index < -0.39 is 35.3 Å². The molecule has 1 aromatic heterocycles. The summed E-state index contributed by atoms with van der Waals surface area (Å²) in [4.78, 5) is 25.1. The normalized spacial score (nSPS) is 26.9. The zero-order valence-corrected chi connectivity index (χ0v) is 14.7. The van der Waals surface area contributed by atoms with E-state index in [0.717, 1.165) is 11.3 Å². The molecule has 2 aliphatic rings. The van der Waals surface area contributed by atoms with Crippen LogP contribution in [-0.4, -0.2) is 23.0 Å². The molecule has 2 unspecified atom stereocenters. The van der Waals surface area contributed by atoms with Crippen molar-refractivity contribution >= 4 is 28.0 Å². The van der Waals surface area contributed by atoms with Crippen molar-refractivity contribution in [2.24, 2.45) is 5.73 Å². The number of amides is 1. The molecular weight excluding hydrogens is 381 g/mol. The number of alkyl halides is 3. The molecular formula is C18H15F3N2O3S. The van der Waals surface area contributed by atoms with E-state index in [0.29, 0.717) is 5.56 Å². The molecule has 0 radical (unpaired) electrons. The summed E-state index contributed by atoms with van der Waals surface area (Å²) in [6.45, 7) is 0. The third-order valence-corrected chi connectivity index (χ3v) is 6.70. The highest BCUT2D eigenvalue weighted by atomic mass is 32.1. The maximum atomic E-state index is 13.7. The number of aliphatic hydroxyl groups is 1.